The first-order chi connectivity index (χ1) is 22.1. The zero-order valence-corrected chi connectivity index (χ0v) is 26.7. The van der Waals surface area contributed by atoms with E-state index in [1.165, 1.54) is 9.80 Å². The molecule has 1 spiro atoms. The van der Waals surface area contributed by atoms with Crippen LogP contribution in [-0.4, -0.2) is 88.6 Å². The number of likely N-dealkylation sites (N-methyl/N-ethyl adjacent to an activating group) is 1. The predicted octanol–water partition coefficient (Wildman–Crippen LogP) is 3.69. The van der Waals surface area contributed by atoms with Crippen LogP contribution in [0.15, 0.2) is 78.9 Å². The number of likely N-dealkylation sites (tertiary alicyclic amines) is 1. The summed E-state index contributed by atoms with van der Waals surface area (Å²) < 4.78 is 12.7. The van der Waals surface area contributed by atoms with E-state index in [1.807, 2.05) is 43.3 Å². The normalized spacial score (nSPS) is 32.9. The number of carbonyl (C=O) groups is 4. The number of nitrogens with zero attached hydrogens (tertiary/aromatic N) is 3. The highest BCUT2D eigenvalue weighted by atomic mass is 35.5. The van der Waals surface area contributed by atoms with Crippen molar-refractivity contribution in [3.05, 3.63) is 89.5 Å². The maximum atomic E-state index is 14.8. The number of benzene rings is 2. The van der Waals surface area contributed by atoms with Gasteiger partial charge >= 0.3 is 5.97 Å². The van der Waals surface area contributed by atoms with E-state index in [0.717, 1.165) is 0 Å². The van der Waals surface area contributed by atoms with Crippen molar-refractivity contribution in [3.63, 3.8) is 0 Å². The quantitative estimate of drug-likeness (QED) is 0.398. The number of halogens is 1. The molecule has 4 aliphatic heterocycles. The summed E-state index contributed by atoms with van der Waals surface area (Å²) >= 11 is 6.60. The van der Waals surface area contributed by atoms with Crippen LogP contribution in [0.5, 0.6) is 0 Å². The average molecular weight is 648 g/mol. The second-order valence-corrected chi connectivity index (χ2v) is 12.8. The Morgan fingerprint density at radius 2 is 1.74 bits per heavy atom. The Morgan fingerprint density at radius 1 is 1.02 bits per heavy atom. The van der Waals surface area contributed by atoms with Crippen LogP contribution in [0.25, 0.3) is 0 Å². The molecule has 0 aliphatic carbocycles. The molecule has 10 nitrogen and oxygen atoms in total. The minimum absolute atomic E-state index is 0.102. The highest BCUT2D eigenvalue weighted by Crippen LogP contribution is 2.56. The summed E-state index contributed by atoms with van der Waals surface area (Å²) in [6, 6.07) is 13.6. The monoisotopic (exact) mass is 647 g/mol. The van der Waals surface area contributed by atoms with Crippen LogP contribution in [-0.2, 0) is 28.7 Å². The number of ether oxygens (including phenoxy) is 2. The fraction of sp³-hybridized carbons (Fsp3) is 0.429. The van der Waals surface area contributed by atoms with Gasteiger partial charge in [-0.3, -0.25) is 19.2 Å². The third-order valence-corrected chi connectivity index (χ3v) is 10.1. The van der Waals surface area contributed by atoms with E-state index in [-0.39, 0.29) is 18.9 Å². The molecule has 0 unspecified atom stereocenters. The molecule has 4 heterocycles. The van der Waals surface area contributed by atoms with Gasteiger partial charge in [0.25, 0.3) is 5.91 Å². The van der Waals surface area contributed by atoms with Crippen LogP contribution in [0.1, 0.15) is 38.4 Å². The second kappa shape index (κ2) is 12.7. The van der Waals surface area contributed by atoms with E-state index in [4.69, 9.17) is 21.1 Å². The Hall–Kier alpha value is -3.99. The van der Waals surface area contributed by atoms with Crippen LogP contribution < -0.4 is 4.90 Å². The zero-order valence-electron chi connectivity index (χ0n) is 26.0. The Bertz CT molecular complexity index is 1580. The molecule has 5 bridgehead atoms. The molecule has 4 aliphatic rings. The molecular formula is C35H38ClN3O7. The summed E-state index contributed by atoms with van der Waals surface area (Å²) in [4.78, 5) is 61.1. The summed E-state index contributed by atoms with van der Waals surface area (Å²) in [7, 11) is 1.68. The van der Waals surface area contributed by atoms with Gasteiger partial charge < -0.3 is 29.3 Å². The van der Waals surface area contributed by atoms with Gasteiger partial charge in [0.1, 0.15) is 23.7 Å². The number of anilines is 1. The highest BCUT2D eigenvalue weighted by molar-refractivity contribution is 6.34. The number of cyclic esters (lactones) is 1. The summed E-state index contributed by atoms with van der Waals surface area (Å²) in [5.74, 6) is -3.85. The number of hydrogen-bond donors (Lipinski definition) is 1. The molecule has 2 aromatic rings. The number of fused-ring (bicyclic) bond motifs is 2. The van der Waals surface area contributed by atoms with Crippen molar-refractivity contribution < 1.29 is 33.8 Å². The van der Waals surface area contributed by atoms with Gasteiger partial charge in [0.2, 0.25) is 11.8 Å². The fourth-order valence-electron chi connectivity index (χ4n) is 7.25. The van der Waals surface area contributed by atoms with E-state index in [2.05, 4.69) is 0 Å². The molecule has 11 heteroatoms. The standard InChI is InChI=1S/C35H38ClN3O7/c1-21(20-40)39-31-33(43)38(25-15-10-9-14-24(25)36)19-11-5-8-16-27(41)37(3)22(2)30(23-12-6-4-7-13-23)45-34(44)28-26-17-18-35(31,46-26)29(28)32(39)42/h4-7,9-15,17-18,21-22,26,28-31,40H,8,16,19-20H2,1-3H3/b11-5-/t21-,22+,26-,28+,29+,30-,31-,35+/m1/s1. The molecule has 3 amide bonds. The molecule has 6 rings (SSSR count). The maximum Gasteiger partial charge on any atom is 0.313 e. The lowest BCUT2D eigenvalue weighted by Crippen LogP contribution is -2.58. The summed E-state index contributed by atoms with van der Waals surface area (Å²) in [6.07, 6.45) is 6.05. The summed E-state index contributed by atoms with van der Waals surface area (Å²) in [5.41, 5.74) is -0.334. The molecule has 1 N–H and O–H groups in total. The Kier molecular flexibility index (Phi) is 8.80. The van der Waals surface area contributed by atoms with Crippen molar-refractivity contribution in [2.45, 2.75) is 62.6 Å². The highest BCUT2D eigenvalue weighted by Gasteiger charge is 2.74. The average Bonchev–Trinajstić information content (AvgIpc) is 3.71. The van der Waals surface area contributed by atoms with E-state index in [1.54, 1.807) is 61.4 Å². The number of para-hydroxylation sites is 1. The lowest BCUT2D eigenvalue weighted by molar-refractivity contribution is -0.164. The van der Waals surface area contributed by atoms with Crippen molar-refractivity contribution in [1.82, 2.24) is 9.80 Å². The summed E-state index contributed by atoms with van der Waals surface area (Å²) in [5, 5.41) is 10.6. The van der Waals surface area contributed by atoms with Gasteiger partial charge in [-0.2, -0.15) is 0 Å². The molecule has 2 saturated heterocycles. The Balaban J connectivity index is 1.48. The van der Waals surface area contributed by atoms with Crippen molar-refractivity contribution in [2.75, 3.05) is 25.1 Å². The number of amides is 3. The molecule has 242 valence electrons. The van der Waals surface area contributed by atoms with Crippen molar-refractivity contribution in [3.8, 4) is 0 Å². The molecule has 0 saturated carbocycles. The van der Waals surface area contributed by atoms with Gasteiger partial charge in [-0.1, -0.05) is 78.4 Å². The lowest BCUT2D eigenvalue weighted by atomic mass is 9.74. The SMILES string of the molecule is C[C@H](CO)N1C(=O)[C@@H]2[C@H]3C(=O)O[C@@H](c4ccccc4)[C@H](C)N(C)C(=O)CC/C=C\CN(c4ccccc4Cl)C(=O)[C@@H]1[C@]21C=C[C@H]3O1. The Labute approximate surface area is 273 Å². The third-order valence-electron chi connectivity index (χ3n) is 9.76. The van der Waals surface area contributed by atoms with Crippen molar-refractivity contribution in [2.24, 2.45) is 11.8 Å². The predicted molar refractivity (Wildman–Crippen MR) is 171 cm³/mol. The van der Waals surface area contributed by atoms with Crippen LogP contribution in [0.3, 0.4) is 0 Å². The first-order valence-corrected chi connectivity index (χ1v) is 16.0. The number of esters is 1. The number of aliphatic hydroxyl groups excluding tert-OH is 1. The number of aliphatic hydroxyl groups is 1. The van der Waals surface area contributed by atoms with Crippen LogP contribution in [0, 0.1) is 11.8 Å². The molecule has 0 radical (unpaired) electrons. The van der Waals surface area contributed by atoms with E-state index in [0.29, 0.717) is 22.7 Å². The van der Waals surface area contributed by atoms with Crippen LogP contribution in [0.2, 0.25) is 5.02 Å². The molecule has 46 heavy (non-hydrogen) atoms. The molecular weight excluding hydrogens is 610 g/mol. The molecule has 8 atom stereocenters. The first kappa shape index (κ1) is 32.0. The lowest BCUT2D eigenvalue weighted by Gasteiger charge is -2.38. The Morgan fingerprint density at radius 3 is 2.46 bits per heavy atom. The van der Waals surface area contributed by atoms with Gasteiger partial charge in [0, 0.05) is 20.0 Å². The molecule has 0 aromatic heterocycles. The van der Waals surface area contributed by atoms with Gasteiger partial charge in [0.15, 0.2) is 0 Å². The van der Waals surface area contributed by atoms with E-state index < -0.39 is 72.2 Å². The van der Waals surface area contributed by atoms with Gasteiger partial charge in [-0.25, -0.2) is 0 Å². The number of carbonyl (C=O) groups excluding carboxylic acids is 4. The number of allylic oxidation sites excluding steroid dienone is 1. The largest absolute Gasteiger partial charge is 0.455 e. The van der Waals surface area contributed by atoms with E-state index >= 15 is 0 Å². The zero-order chi connectivity index (χ0) is 32.7. The molecule has 2 aromatic carbocycles. The minimum Gasteiger partial charge on any atom is -0.455 e. The maximum absolute atomic E-state index is 14.8. The minimum atomic E-state index is -1.47. The van der Waals surface area contributed by atoms with Gasteiger partial charge in [0.05, 0.1) is 41.4 Å². The smallest absolute Gasteiger partial charge is 0.313 e. The van der Waals surface area contributed by atoms with Crippen molar-refractivity contribution >= 4 is 41.0 Å². The van der Waals surface area contributed by atoms with Gasteiger partial charge in [-0.05, 0) is 38.0 Å². The van der Waals surface area contributed by atoms with Crippen LogP contribution >= 0.6 is 11.6 Å². The van der Waals surface area contributed by atoms with Crippen LogP contribution in [0.4, 0.5) is 5.69 Å². The second-order valence-electron chi connectivity index (χ2n) is 12.4. The topological polar surface area (TPSA) is 117 Å². The number of hydrogen-bond acceptors (Lipinski definition) is 7. The van der Waals surface area contributed by atoms with E-state index in [9.17, 15) is 24.3 Å². The first-order valence-electron chi connectivity index (χ1n) is 15.6. The van der Waals surface area contributed by atoms with Gasteiger partial charge in [-0.15, -0.1) is 0 Å². The molecule has 2 fully saturated rings. The fourth-order valence-corrected chi connectivity index (χ4v) is 7.48. The van der Waals surface area contributed by atoms with Crippen molar-refractivity contribution in [1.29, 1.82) is 0 Å². The number of rotatable bonds is 4. The third kappa shape index (κ3) is 5.22. The summed E-state index contributed by atoms with van der Waals surface area (Å²) in [6.45, 7) is 3.18.